The number of rotatable bonds is 4. The lowest BCUT2D eigenvalue weighted by atomic mass is 9.93. The lowest BCUT2D eigenvalue weighted by Gasteiger charge is -2.36. The van der Waals surface area contributed by atoms with Crippen molar-refractivity contribution < 1.29 is 28.6 Å². The van der Waals surface area contributed by atoms with E-state index < -0.39 is 29.8 Å². The van der Waals surface area contributed by atoms with E-state index in [0.29, 0.717) is 50.0 Å². The molecule has 0 amide bonds. The number of halogens is 1. The summed E-state index contributed by atoms with van der Waals surface area (Å²) < 4.78 is 26.5. The van der Waals surface area contributed by atoms with Gasteiger partial charge in [0.05, 0.1) is 24.4 Å². The molecule has 2 aliphatic rings. The van der Waals surface area contributed by atoms with Crippen molar-refractivity contribution in [3.63, 3.8) is 0 Å². The van der Waals surface area contributed by atoms with Gasteiger partial charge in [0.25, 0.3) is 0 Å². The number of piperidine rings is 1. The molecule has 1 aromatic heterocycles. The van der Waals surface area contributed by atoms with Crippen molar-refractivity contribution in [2.45, 2.75) is 44.8 Å². The third-order valence-corrected chi connectivity index (χ3v) is 6.18. The Bertz CT molecular complexity index is 1100. The summed E-state index contributed by atoms with van der Waals surface area (Å²) in [4.78, 5) is 38.7. The van der Waals surface area contributed by atoms with Gasteiger partial charge in [0.1, 0.15) is 11.4 Å². The van der Waals surface area contributed by atoms with E-state index in [9.17, 15) is 19.5 Å². The minimum atomic E-state index is -0.949. The molecule has 0 aliphatic carbocycles. The van der Waals surface area contributed by atoms with Crippen LogP contribution in [0.3, 0.4) is 0 Å². The van der Waals surface area contributed by atoms with Crippen LogP contribution in [0.5, 0.6) is 0 Å². The Kier molecular flexibility index (Phi) is 5.70. The Labute approximate surface area is 178 Å². The average Bonchev–Trinajstić information content (AvgIpc) is 2.76. The standard InChI is InChI=1S/C22H25FN2O6/c1-12-3-4-14-19-15(9-17(23)20(14)24-7-5-13(26)6-8-24)21(28)16(10-25(12)19)22(29)31-11-18(27)30-2/h9-10,12-13,26H,3-8,11H2,1-2H3/t12-/m0/s1. The van der Waals surface area contributed by atoms with Crippen LogP contribution >= 0.6 is 0 Å². The number of ether oxygens (including phenoxy) is 2. The zero-order valence-electron chi connectivity index (χ0n) is 17.5. The quantitative estimate of drug-likeness (QED) is 0.738. The van der Waals surface area contributed by atoms with E-state index in [-0.39, 0.29) is 23.1 Å². The van der Waals surface area contributed by atoms with E-state index in [4.69, 9.17) is 4.74 Å². The summed E-state index contributed by atoms with van der Waals surface area (Å²) in [7, 11) is 1.16. The highest BCUT2D eigenvalue weighted by molar-refractivity contribution is 5.97. The number of aliphatic hydroxyl groups is 1. The zero-order chi connectivity index (χ0) is 22.3. The molecule has 0 bridgehead atoms. The maximum Gasteiger partial charge on any atom is 0.344 e. The highest BCUT2D eigenvalue weighted by atomic mass is 19.1. The molecule has 31 heavy (non-hydrogen) atoms. The molecule has 0 spiro atoms. The SMILES string of the molecule is COC(=O)COC(=O)c1cn2c3c(c(N4CCC(O)CC4)c(F)cc3c1=O)CC[C@@H]2C. The molecule has 0 radical (unpaired) electrons. The largest absolute Gasteiger partial charge is 0.466 e. The fraction of sp³-hybridized carbons (Fsp3) is 0.500. The van der Waals surface area contributed by atoms with Crippen molar-refractivity contribution in [2.75, 3.05) is 31.7 Å². The lowest BCUT2D eigenvalue weighted by molar-refractivity contribution is -0.144. The first kappa shape index (κ1) is 21.3. The maximum atomic E-state index is 15.3. The minimum absolute atomic E-state index is 0.00996. The number of hydrogen-bond acceptors (Lipinski definition) is 7. The Morgan fingerprint density at radius 2 is 1.97 bits per heavy atom. The van der Waals surface area contributed by atoms with Gasteiger partial charge in [-0.15, -0.1) is 0 Å². The number of pyridine rings is 1. The number of esters is 2. The van der Waals surface area contributed by atoms with Gasteiger partial charge < -0.3 is 24.0 Å². The first-order chi connectivity index (χ1) is 14.8. The van der Waals surface area contributed by atoms with Gasteiger partial charge in [-0.05, 0) is 38.7 Å². The summed E-state index contributed by atoms with van der Waals surface area (Å²) in [5.41, 5.74) is 0.965. The molecule has 2 aliphatic heterocycles. The average molecular weight is 432 g/mol. The third kappa shape index (κ3) is 3.78. The van der Waals surface area contributed by atoms with Gasteiger partial charge in [-0.3, -0.25) is 4.79 Å². The van der Waals surface area contributed by atoms with Crippen LogP contribution < -0.4 is 10.3 Å². The number of aliphatic hydroxyl groups excluding tert-OH is 1. The van der Waals surface area contributed by atoms with Gasteiger partial charge in [0, 0.05) is 36.3 Å². The van der Waals surface area contributed by atoms with Crippen molar-refractivity contribution in [3.05, 3.63) is 39.4 Å². The van der Waals surface area contributed by atoms with Gasteiger partial charge in [0.2, 0.25) is 5.43 Å². The first-order valence-electron chi connectivity index (χ1n) is 10.4. The Morgan fingerprint density at radius 1 is 1.26 bits per heavy atom. The van der Waals surface area contributed by atoms with Crippen LogP contribution in [-0.4, -0.2) is 54.5 Å². The monoisotopic (exact) mass is 432 g/mol. The molecule has 4 rings (SSSR count). The molecule has 1 fully saturated rings. The highest BCUT2D eigenvalue weighted by Gasteiger charge is 2.30. The molecule has 166 valence electrons. The summed E-state index contributed by atoms with van der Waals surface area (Å²) in [6.45, 7) is 2.43. The molecule has 1 N–H and O–H groups in total. The van der Waals surface area contributed by atoms with Crippen LogP contribution in [0.2, 0.25) is 0 Å². The number of carbonyl (C=O) groups excluding carboxylic acids is 2. The van der Waals surface area contributed by atoms with Crippen LogP contribution in [0.4, 0.5) is 10.1 Å². The van der Waals surface area contributed by atoms with Gasteiger partial charge >= 0.3 is 11.9 Å². The second-order valence-corrected chi connectivity index (χ2v) is 8.12. The van der Waals surface area contributed by atoms with E-state index in [1.165, 1.54) is 12.3 Å². The van der Waals surface area contributed by atoms with Crippen molar-refractivity contribution in [1.29, 1.82) is 0 Å². The van der Waals surface area contributed by atoms with Gasteiger partial charge in [-0.25, -0.2) is 14.0 Å². The number of carbonyl (C=O) groups is 2. The molecule has 0 unspecified atom stereocenters. The van der Waals surface area contributed by atoms with Gasteiger partial charge in [-0.2, -0.15) is 0 Å². The van der Waals surface area contributed by atoms with E-state index in [2.05, 4.69) is 4.74 Å². The number of aromatic nitrogens is 1. The smallest absolute Gasteiger partial charge is 0.344 e. The van der Waals surface area contributed by atoms with Crippen molar-refractivity contribution >= 4 is 28.5 Å². The fourth-order valence-corrected chi connectivity index (χ4v) is 4.47. The summed E-state index contributed by atoms with van der Waals surface area (Å²) in [5.74, 6) is -2.21. The van der Waals surface area contributed by atoms with Crippen molar-refractivity contribution in [2.24, 2.45) is 0 Å². The zero-order valence-corrected chi connectivity index (χ0v) is 17.5. The highest BCUT2D eigenvalue weighted by Crippen LogP contribution is 2.38. The Hall–Kier alpha value is -2.94. The van der Waals surface area contributed by atoms with Crippen LogP contribution in [0.1, 0.15) is 48.1 Å². The number of nitrogens with zero attached hydrogens (tertiary/aromatic N) is 2. The molecular weight excluding hydrogens is 407 g/mol. The molecule has 8 nitrogen and oxygen atoms in total. The molecule has 9 heteroatoms. The van der Waals surface area contributed by atoms with Crippen LogP contribution in [-0.2, 0) is 20.7 Å². The number of methoxy groups -OCH3 is 1. The first-order valence-corrected chi connectivity index (χ1v) is 10.4. The number of anilines is 1. The predicted molar refractivity (Wildman–Crippen MR) is 111 cm³/mol. The summed E-state index contributed by atoms with van der Waals surface area (Å²) in [6.07, 6.45) is 3.51. The van der Waals surface area contributed by atoms with Crippen LogP contribution in [0, 0.1) is 5.82 Å². The van der Waals surface area contributed by atoms with E-state index >= 15 is 4.39 Å². The van der Waals surface area contributed by atoms with E-state index in [1.54, 1.807) is 0 Å². The number of aryl methyl sites for hydroxylation is 1. The van der Waals surface area contributed by atoms with Crippen molar-refractivity contribution in [3.8, 4) is 0 Å². The van der Waals surface area contributed by atoms with Crippen LogP contribution in [0.15, 0.2) is 17.1 Å². The van der Waals surface area contributed by atoms with Gasteiger partial charge in [0.15, 0.2) is 6.61 Å². The topological polar surface area (TPSA) is 98.1 Å². The lowest BCUT2D eigenvalue weighted by Crippen LogP contribution is -2.37. The molecule has 1 atom stereocenters. The number of benzene rings is 1. The van der Waals surface area contributed by atoms with E-state index in [0.717, 1.165) is 12.7 Å². The van der Waals surface area contributed by atoms with Crippen molar-refractivity contribution in [1.82, 2.24) is 4.57 Å². The second kappa shape index (κ2) is 8.30. The molecule has 1 aromatic carbocycles. The summed E-state index contributed by atoms with van der Waals surface area (Å²) in [5, 5.41) is 9.92. The van der Waals surface area contributed by atoms with Crippen LogP contribution in [0.25, 0.3) is 10.9 Å². The van der Waals surface area contributed by atoms with E-state index in [1.807, 2.05) is 16.4 Å². The summed E-state index contributed by atoms with van der Waals surface area (Å²) >= 11 is 0. The van der Waals surface area contributed by atoms with Gasteiger partial charge in [-0.1, -0.05) is 0 Å². The molecule has 0 saturated carbocycles. The molecule has 2 aromatic rings. The minimum Gasteiger partial charge on any atom is -0.466 e. The molecule has 3 heterocycles. The normalized spacial score (nSPS) is 18.8. The Balaban J connectivity index is 1.84. The molecular formula is C22H25FN2O6. The Morgan fingerprint density at radius 3 is 2.65 bits per heavy atom. The number of hydrogen-bond donors (Lipinski definition) is 1. The maximum absolute atomic E-state index is 15.3. The summed E-state index contributed by atoms with van der Waals surface area (Å²) in [6, 6.07) is 1.18. The second-order valence-electron chi connectivity index (χ2n) is 8.12. The molecule has 1 saturated heterocycles. The predicted octanol–water partition coefficient (Wildman–Crippen LogP) is 1.94. The third-order valence-electron chi connectivity index (χ3n) is 6.18. The fourth-order valence-electron chi connectivity index (χ4n) is 4.47.